The van der Waals surface area contributed by atoms with Crippen LogP contribution in [-0.2, 0) is 51.4 Å². The van der Waals surface area contributed by atoms with Gasteiger partial charge in [-0.1, -0.05) is 24.3 Å². The molecule has 2 heterocycles. The summed E-state index contributed by atoms with van der Waals surface area (Å²) in [7, 11) is 9.56. The molecule has 0 aliphatic carbocycles. The van der Waals surface area contributed by atoms with E-state index in [4.69, 9.17) is 0 Å². The molecule has 0 atom stereocenters. The summed E-state index contributed by atoms with van der Waals surface area (Å²) in [6, 6.07) is 7.64. The summed E-state index contributed by atoms with van der Waals surface area (Å²) in [5.41, 5.74) is 1.76. The van der Waals surface area contributed by atoms with E-state index in [1.165, 1.54) is 0 Å². The second kappa shape index (κ2) is 33.3. The van der Waals surface area contributed by atoms with Crippen molar-refractivity contribution in [1.29, 1.82) is 0 Å². The van der Waals surface area contributed by atoms with Gasteiger partial charge in [-0.25, -0.2) is 0 Å². The number of likely N-dealkylation sites (N-methyl/N-ethyl adjacent to an activating group) is 6. The van der Waals surface area contributed by atoms with Crippen LogP contribution < -0.4 is 42.5 Å². The summed E-state index contributed by atoms with van der Waals surface area (Å²) in [5.74, 6) is -1.10. The quantitative estimate of drug-likeness (QED) is 0.0605. The fourth-order valence-electron chi connectivity index (χ4n) is 7.81. The highest BCUT2D eigenvalue weighted by atomic mass is 16.2. The number of nitrogens with one attached hydrogen (secondary N) is 8. The van der Waals surface area contributed by atoms with Gasteiger partial charge < -0.3 is 42.5 Å². The molecule has 2 aliphatic rings. The van der Waals surface area contributed by atoms with E-state index in [-0.39, 0.29) is 99.6 Å². The lowest BCUT2D eigenvalue weighted by Gasteiger charge is -2.33. The van der Waals surface area contributed by atoms with Crippen molar-refractivity contribution in [2.24, 2.45) is 0 Å². The molecule has 2 fully saturated rings. The summed E-state index contributed by atoms with van der Waals surface area (Å²) >= 11 is 0. The third kappa shape index (κ3) is 24.5. The van der Waals surface area contributed by atoms with Crippen LogP contribution in [0.5, 0.6) is 0 Å². The summed E-state index contributed by atoms with van der Waals surface area (Å²) < 4.78 is 0. The zero-order valence-corrected chi connectivity index (χ0v) is 42.5. The molecule has 0 spiro atoms. The first kappa shape index (κ1) is 59.0. The molecule has 0 unspecified atom stereocenters. The molecule has 0 saturated carbocycles. The lowest BCUT2D eigenvalue weighted by Crippen LogP contribution is -2.51. The SMILES string of the molecule is CNC(=O)CN1CCN(CC(=O)NC)CCN(CC(=O)NCc2ccc(CNC(=O)CN3CCN(CC(=O)NC)CCN(CC(=O)NC)CCN(CC(=O)NC)CC3)cc2)CCN(CC(=O)NC)CC1. The highest BCUT2D eigenvalue weighted by Gasteiger charge is 2.23. The molecule has 0 radical (unpaired) electrons. The van der Waals surface area contributed by atoms with Gasteiger partial charge >= 0.3 is 0 Å². The number of carbonyl (C=O) groups excluding carboxylic acids is 8. The van der Waals surface area contributed by atoms with Crippen LogP contribution in [0.1, 0.15) is 11.1 Å². The Morgan fingerprint density at radius 2 is 0.429 bits per heavy atom. The molecule has 394 valence electrons. The first-order valence-electron chi connectivity index (χ1n) is 24.3. The van der Waals surface area contributed by atoms with Crippen molar-refractivity contribution in [3.05, 3.63) is 35.4 Å². The molecule has 8 N–H and O–H groups in total. The van der Waals surface area contributed by atoms with E-state index >= 15 is 0 Å². The lowest BCUT2D eigenvalue weighted by atomic mass is 10.1. The summed E-state index contributed by atoms with van der Waals surface area (Å²) in [6.07, 6.45) is 0. The van der Waals surface area contributed by atoms with Gasteiger partial charge in [-0.3, -0.25) is 77.6 Å². The first-order valence-corrected chi connectivity index (χ1v) is 24.3. The molecule has 1 aromatic rings. The fraction of sp³-hybridized carbons (Fsp3) is 0.696. The van der Waals surface area contributed by atoms with Gasteiger partial charge in [0, 0.05) is 160 Å². The van der Waals surface area contributed by atoms with E-state index in [0.29, 0.717) is 118 Å². The number of hydrogen-bond donors (Lipinski definition) is 8. The largest absolute Gasteiger partial charge is 0.358 e. The van der Waals surface area contributed by atoms with Crippen molar-refractivity contribution in [3.63, 3.8) is 0 Å². The Labute approximate surface area is 414 Å². The average Bonchev–Trinajstić information content (AvgIpc) is 3.35. The van der Waals surface area contributed by atoms with Gasteiger partial charge in [0.25, 0.3) is 0 Å². The number of hydrogen-bond acceptors (Lipinski definition) is 16. The van der Waals surface area contributed by atoms with E-state index in [2.05, 4.69) is 42.5 Å². The molecule has 8 amide bonds. The van der Waals surface area contributed by atoms with Crippen LogP contribution in [0.3, 0.4) is 0 Å². The number of benzene rings is 1. The van der Waals surface area contributed by atoms with Gasteiger partial charge in [-0.2, -0.15) is 0 Å². The fourth-order valence-corrected chi connectivity index (χ4v) is 7.81. The monoisotopic (exact) mass is 987 g/mol. The van der Waals surface area contributed by atoms with Gasteiger partial charge in [0.1, 0.15) is 0 Å². The Morgan fingerprint density at radius 3 is 0.571 bits per heavy atom. The predicted octanol–water partition coefficient (Wildman–Crippen LogP) is -6.16. The first-order chi connectivity index (χ1) is 33.6. The summed E-state index contributed by atoms with van der Waals surface area (Å²) in [4.78, 5) is 117. The molecular formula is C46H82N16O8. The van der Waals surface area contributed by atoms with Crippen LogP contribution in [0.25, 0.3) is 0 Å². The van der Waals surface area contributed by atoms with E-state index in [0.717, 1.165) is 11.1 Å². The smallest absolute Gasteiger partial charge is 0.234 e. The van der Waals surface area contributed by atoms with Crippen molar-refractivity contribution >= 4 is 47.3 Å². The standard InChI is InChI=1S/C46H82N16O8/c1-47-39(63)29-55-11-15-57(31-41(65)49-3)19-23-61(24-20-58(16-12-55)32-42(66)50-4)35-45(69)53-27-37-7-9-38(10-8-37)28-54-46(70)36-62-25-21-59(33-43(67)51-5)17-13-56(30-40(64)48-2)14-18-60(22-26-62)34-44(68)52-6/h7-10H,11-36H2,1-6H3,(H,47,63)(H,48,64)(H,49,65)(H,50,66)(H,51,67)(H,52,68)(H,53,69)(H,54,70). The van der Waals surface area contributed by atoms with E-state index < -0.39 is 0 Å². The Balaban J connectivity index is 1.60. The molecule has 2 saturated heterocycles. The van der Waals surface area contributed by atoms with E-state index in [9.17, 15) is 38.4 Å². The van der Waals surface area contributed by atoms with Gasteiger partial charge in [-0.05, 0) is 11.1 Å². The van der Waals surface area contributed by atoms with Crippen molar-refractivity contribution in [1.82, 2.24) is 81.7 Å². The van der Waals surface area contributed by atoms with Crippen LogP contribution in [0.2, 0.25) is 0 Å². The Morgan fingerprint density at radius 1 is 0.286 bits per heavy atom. The van der Waals surface area contributed by atoms with Gasteiger partial charge in [0.2, 0.25) is 47.3 Å². The zero-order valence-electron chi connectivity index (χ0n) is 42.5. The maximum Gasteiger partial charge on any atom is 0.234 e. The average molecular weight is 987 g/mol. The Bertz CT molecular complexity index is 1610. The third-order valence-electron chi connectivity index (χ3n) is 12.5. The third-order valence-corrected chi connectivity index (χ3v) is 12.5. The minimum absolute atomic E-state index is 0.113. The van der Waals surface area contributed by atoms with E-state index in [1.807, 2.05) is 63.5 Å². The Kier molecular flexibility index (Phi) is 28.0. The van der Waals surface area contributed by atoms with Crippen molar-refractivity contribution in [2.75, 3.05) is 199 Å². The zero-order chi connectivity index (χ0) is 51.3. The topological polar surface area (TPSA) is 259 Å². The van der Waals surface area contributed by atoms with E-state index in [1.54, 1.807) is 42.3 Å². The predicted molar refractivity (Wildman–Crippen MR) is 266 cm³/mol. The molecule has 0 bridgehead atoms. The lowest BCUT2D eigenvalue weighted by molar-refractivity contribution is -0.124. The molecule has 3 rings (SSSR count). The normalized spacial score (nSPS) is 17.8. The number of carbonyl (C=O) groups is 8. The van der Waals surface area contributed by atoms with Crippen LogP contribution in [0.4, 0.5) is 0 Å². The molecule has 1 aromatic carbocycles. The van der Waals surface area contributed by atoms with Crippen LogP contribution >= 0.6 is 0 Å². The van der Waals surface area contributed by atoms with Crippen molar-refractivity contribution < 1.29 is 38.4 Å². The number of amides is 8. The Hall–Kier alpha value is -5.34. The van der Waals surface area contributed by atoms with Crippen molar-refractivity contribution in [3.8, 4) is 0 Å². The highest BCUT2D eigenvalue weighted by molar-refractivity contribution is 5.80. The molecule has 70 heavy (non-hydrogen) atoms. The molecular weight excluding hydrogens is 905 g/mol. The van der Waals surface area contributed by atoms with Crippen LogP contribution in [0, 0.1) is 0 Å². The maximum absolute atomic E-state index is 13.4. The molecule has 0 aromatic heterocycles. The van der Waals surface area contributed by atoms with Crippen LogP contribution in [-0.4, -0.2) is 286 Å². The van der Waals surface area contributed by atoms with Gasteiger partial charge in [-0.15, -0.1) is 0 Å². The van der Waals surface area contributed by atoms with Crippen LogP contribution in [0.15, 0.2) is 24.3 Å². The summed E-state index contributed by atoms with van der Waals surface area (Å²) in [5, 5.41) is 22.1. The minimum atomic E-state index is -0.172. The number of rotatable bonds is 20. The summed E-state index contributed by atoms with van der Waals surface area (Å²) in [6.45, 7) is 10.2. The molecule has 24 nitrogen and oxygen atoms in total. The molecule has 2 aliphatic heterocycles. The van der Waals surface area contributed by atoms with Crippen molar-refractivity contribution in [2.45, 2.75) is 13.1 Å². The second-order valence-electron chi connectivity index (χ2n) is 17.6. The second-order valence-corrected chi connectivity index (χ2v) is 17.6. The van der Waals surface area contributed by atoms with Gasteiger partial charge in [0.05, 0.1) is 52.4 Å². The molecule has 24 heteroatoms. The number of nitrogens with zero attached hydrogens (tertiary/aromatic N) is 8. The minimum Gasteiger partial charge on any atom is -0.358 e. The maximum atomic E-state index is 13.4. The van der Waals surface area contributed by atoms with Gasteiger partial charge in [0.15, 0.2) is 0 Å². The highest BCUT2D eigenvalue weighted by Crippen LogP contribution is 2.07.